The van der Waals surface area contributed by atoms with Crippen molar-refractivity contribution in [1.29, 1.82) is 0 Å². The summed E-state index contributed by atoms with van der Waals surface area (Å²) in [6.45, 7) is 5.54. The molecule has 2 aromatic carbocycles. The highest BCUT2D eigenvalue weighted by molar-refractivity contribution is 6.07. The van der Waals surface area contributed by atoms with Crippen molar-refractivity contribution >= 4 is 16.7 Å². The number of rotatable bonds is 10. The lowest BCUT2D eigenvalue weighted by Gasteiger charge is -2.38. The summed E-state index contributed by atoms with van der Waals surface area (Å²) in [4.78, 5) is 20.0. The topological polar surface area (TPSA) is 51.7 Å². The molecule has 0 aliphatic carbocycles. The number of ether oxygens (including phenoxy) is 2. The van der Waals surface area contributed by atoms with Crippen LogP contribution in [0.25, 0.3) is 10.9 Å². The quantitative estimate of drug-likeness (QED) is 0.358. The fraction of sp³-hybridized carbons (Fsp3) is 0.448. The third-order valence-corrected chi connectivity index (χ3v) is 7.36. The molecule has 1 aliphatic heterocycles. The fourth-order valence-electron chi connectivity index (χ4n) is 5.32. The normalized spacial score (nSPS) is 18.7. The van der Waals surface area contributed by atoms with Crippen LogP contribution in [0.15, 0.2) is 54.7 Å². The molecule has 0 amide bonds. The second-order valence-corrected chi connectivity index (χ2v) is 9.29. The van der Waals surface area contributed by atoms with Crippen LogP contribution in [-0.2, 0) is 6.42 Å². The van der Waals surface area contributed by atoms with Gasteiger partial charge in [-0.15, -0.1) is 0 Å². The van der Waals surface area contributed by atoms with Crippen molar-refractivity contribution in [2.24, 2.45) is 11.8 Å². The maximum atomic E-state index is 13.1. The van der Waals surface area contributed by atoms with Gasteiger partial charge in [-0.1, -0.05) is 37.6 Å². The van der Waals surface area contributed by atoms with Crippen molar-refractivity contribution < 1.29 is 14.3 Å². The molecule has 5 heteroatoms. The summed E-state index contributed by atoms with van der Waals surface area (Å²) < 4.78 is 10.8. The first-order chi connectivity index (χ1) is 16.6. The molecule has 3 aromatic rings. The summed E-state index contributed by atoms with van der Waals surface area (Å²) >= 11 is 0. The van der Waals surface area contributed by atoms with Crippen LogP contribution in [0.3, 0.4) is 0 Å². The van der Waals surface area contributed by atoms with Crippen LogP contribution in [0.2, 0.25) is 0 Å². The number of carbonyl (C=O) groups is 1. The van der Waals surface area contributed by atoms with Crippen molar-refractivity contribution in [3.8, 4) is 11.5 Å². The summed E-state index contributed by atoms with van der Waals surface area (Å²) in [5, 5.41) is 0.965. The Bertz CT molecular complexity index is 1110. The first-order valence-corrected chi connectivity index (χ1v) is 12.4. The van der Waals surface area contributed by atoms with Gasteiger partial charge in [0.1, 0.15) is 0 Å². The van der Waals surface area contributed by atoms with Gasteiger partial charge in [0, 0.05) is 36.7 Å². The molecule has 0 bridgehead atoms. The molecule has 0 N–H and O–H groups in total. The monoisotopic (exact) mass is 460 g/mol. The first kappa shape index (κ1) is 24.2. The van der Waals surface area contributed by atoms with Crippen molar-refractivity contribution in [2.45, 2.75) is 39.0 Å². The average molecular weight is 461 g/mol. The number of piperidine rings is 1. The van der Waals surface area contributed by atoms with Crippen molar-refractivity contribution in [1.82, 2.24) is 9.88 Å². The Morgan fingerprint density at radius 1 is 1.06 bits per heavy atom. The van der Waals surface area contributed by atoms with Crippen LogP contribution in [0.5, 0.6) is 11.5 Å². The summed E-state index contributed by atoms with van der Waals surface area (Å²) in [6, 6.07) is 16.0. The Kier molecular flexibility index (Phi) is 8.17. The van der Waals surface area contributed by atoms with E-state index >= 15 is 0 Å². The van der Waals surface area contributed by atoms with Gasteiger partial charge in [-0.3, -0.25) is 9.78 Å². The third kappa shape index (κ3) is 5.58. The molecule has 1 unspecified atom stereocenters. The predicted molar refractivity (Wildman–Crippen MR) is 137 cm³/mol. The Balaban J connectivity index is 1.31. The highest BCUT2D eigenvalue weighted by Gasteiger charge is 2.28. The molecule has 34 heavy (non-hydrogen) atoms. The molecule has 1 aromatic heterocycles. The number of carbonyl (C=O) groups excluding carboxylic acids is 1. The van der Waals surface area contributed by atoms with Gasteiger partial charge < -0.3 is 14.4 Å². The number of benzene rings is 2. The van der Waals surface area contributed by atoms with Crippen LogP contribution in [0, 0.1) is 11.8 Å². The van der Waals surface area contributed by atoms with Crippen LogP contribution >= 0.6 is 0 Å². The van der Waals surface area contributed by atoms with Gasteiger partial charge >= 0.3 is 0 Å². The second kappa shape index (κ2) is 11.5. The zero-order valence-corrected chi connectivity index (χ0v) is 20.6. The molecular formula is C29H36N2O3. The molecule has 0 spiro atoms. The SMILES string of the molecule is CC[C@H]1CN(CCc2ccc(OC)c(OC)c2)CCC1CCC(=O)c1ccnc2ccccc12. The van der Waals surface area contributed by atoms with E-state index < -0.39 is 0 Å². The van der Waals surface area contributed by atoms with E-state index in [9.17, 15) is 4.79 Å². The number of nitrogens with zero attached hydrogens (tertiary/aromatic N) is 2. The highest BCUT2D eigenvalue weighted by atomic mass is 16.5. The molecule has 2 heterocycles. The molecule has 0 radical (unpaired) electrons. The summed E-state index contributed by atoms with van der Waals surface area (Å²) in [7, 11) is 3.35. The number of Topliss-reactive ketones (excluding diaryl/α,β-unsaturated/α-hetero) is 1. The van der Waals surface area contributed by atoms with Crippen LogP contribution in [0.1, 0.15) is 48.5 Å². The van der Waals surface area contributed by atoms with E-state index in [0.29, 0.717) is 18.3 Å². The van der Waals surface area contributed by atoms with Gasteiger partial charge in [0.15, 0.2) is 17.3 Å². The number of aromatic nitrogens is 1. The van der Waals surface area contributed by atoms with Crippen LogP contribution in [0.4, 0.5) is 0 Å². The van der Waals surface area contributed by atoms with Gasteiger partial charge in [0.2, 0.25) is 0 Å². The van der Waals surface area contributed by atoms with E-state index in [0.717, 1.165) is 73.3 Å². The summed E-state index contributed by atoms with van der Waals surface area (Å²) in [5.41, 5.74) is 2.97. The van der Waals surface area contributed by atoms with Crippen molar-refractivity contribution in [3.63, 3.8) is 0 Å². The molecule has 5 nitrogen and oxygen atoms in total. The van der Waals surface area contributed by atoms with E-state index in [2.05, 4.69) is 28.9 Å². The minimum Gasteiger partial charge on any atom is -0.493 e. The maximum absolute atomic E-state index is 13.1. The zero-order valence-electron chi connectivity index (χ0n) is 20.6. The Labute approximate surface area is 203 Å². The number of likely N-dealkylation sites (tertiary alicyclic amines) is 1. The number of pyridine rings is 1. The van der Waals surface area contributed by atoms with Crippen LogP contribution in [-0.4, -0.2) is 49.5 Å². The third-order valence-electron chi connectivity index (χ3n) is 7.36. The predicted octanol–water partition coefficient (Wildman–Crippen LogP) is 5.81. The Hall–Kier alpha value is -2.92. The molecular weight excluding hydrogens is 424 g/mol. The highest BCUT2D eigenvalue weighted by Crippen LogP contribution is 2.32. The van der Waals surface area contributed by atoms with E-state index in [-0.39, 0.29) is 5.78 Å². The largest absolute Gasteiger partial charge is 0.493 e. The standard InChI is InChI=1S/C29H36N2O3/c1-4-22-20-31(17-14-21-9-12-28(33-2)29(19-21)34-3)18-15-23(22)10-11-27(32)25-13-16-30-26-8-6-5-7-24(25)26/h5-9,12-13,16,19,22-23H,4,10-11,14-15,17-18,20H2,1-3H3/t22-,23?/m0/s1. The van der Waals surface area contributed by atoms with E-state index in [1.54, 1.807) is 20.4 Å². The van der Waals surface area contributed by atoms with Gasteiger partial charge in [0.05, 0.1) is 19.7 Å². The lowest BCUT2D eigenvalue weighted by atomic mass is 9.80. The number of methoxy groups -OCH3 is 2. The Morgan fingerprint density at radius 2 is 1.88 bits per heavy atom. The Morgan fingerprint density at radius 3 is 2.68 bits per heavy atom. The molecule has 0 saturated carbocycles. The number of fused-ring (bicyclic) bond motifs is 1. The van der Waals surface area contributed by atoms with Crippen molar-refractivity contribution in [3.05, 3.63) is 65.9 Å². The fourth-order valence-corrected chi connectivity index (χ4v) is 5.32. The molecule has 1 saturated heterocycles. The van der Waals surface area contributed by atoms with Gasteiger partial charge in [-0.2, -0.15) is 0 Å². The smallest absolute Gasteiger partial charge is 0.163 e. The minimum atomic E-state index is 0.240. The molecule has 2 atom stereocenters. The maximum Gasteiger partial charge on any atom is 0.163 e. The van der Waals surface area contributed by atoms with Gasteiger partial charge in [-0.25, -0.2) is 0 Å². The summed E-state index contributed by atoms with van der Waals surface area (Å²) in [6.07, 6.45) is 6.65. The second-order valence-electron chi connectivity index (χ2n) is 9.29. The zero-order chi connectivity index (χ0) is 23.9. The minimum absolute atomic E-state index is 0.240. The molecule has 1 aliphatic rings. The van der Waals surface area contributed by atoms with Gasteiger partial charge in [-0.05, 0) is 67.5 Å². The van der Waals surface area contributed by atoms with Crippen LogP contribution < -0.4 is 9.47 Å². The number of para-hydroxylation sites is 1. The first-order valence-electron chi connectivity index (χ1n) is 12.4. The number of hydrogen-bond donors (Lipinski definition) is 0. The number of hydrogen-bond acceptors (Lipinski definition) is 5. The lowest BCUT2D eigenvalue weighted by Crippen LogP contribution is -2.41. The van der Waals surface area contributed by atoms with Gasteiger partial charge in [0.25, 0.3) is 0 Å². The van der Waals surface area contributed by atoms with E-state index in [4.69, 9.17) is 9.47 Å². The molecule has 1 fully saturated rings. The van der Waals surface area contributed by atoms with E-state index in [1.807, 2.05) is 36.4 Å². The van der Waals surface area contributed by atoms with E-state index in [1.165, 1.54) is 5.56 Å². The average Bonchev–Trinajstić information content (AvgIpc) is 2.90. The van der Waals surface area contributed by atoms with Crippen molar-refractivity contribution in [2.75, 3.05) is 33.9 Å². The lowest BCUT2D eigenvalue weighted by molar-refractivity contribution is 0.0905. The molecule has 4 rings (SSSR count). The number of ketones is 1. The summed E-state index contributed by atoms with van der Waals surface area (Å²) in [5.74, 6) is 3.05. The molecule has 180 valence electrons.